The van der Waals surface area contributed by atoms with Crippen molar-refractivity contribution < 1.29 is 51.8 Å². The standard InChI is InChI=1S/C48H51FO10/c1-50-48-45(54-30-36-23-13-5-14-24-36)44(53-29-35-21-11-4-12-22-35)42(38(57-48)31-51-27-33-17-7-2-8-18-33)59-47-40(49)43(52-28-34-19-9-3-10-20-34)41-39(56-47)32-55-46(58-41)37-25-15-6-16-26-37/h2-26,38-48H,27-32H2,1H3/t38-,39-,40-,41-,42-,43-,44+,45-,46-,47+,48+/m1/s1. The number of benzene rings is 5. The molecule has 0 spiro atoms. The Labute approximate surface area is 345 Å². The molecule has 0 amide bonds. The van der Waals surface area contributed by atoms with E-state index >= 15 is 4.39 Å². The van der Waals surface area contributed by atoms with E-state index in [-0.39, 0.29) is 33.0 Å². The van der Waals surface area contributed by atoms with Gasteiger partial charge < -0.3 is 47.4 Å². The van der Waals surface area contributed by atoms with Gasteiger partial charge in [0.15, 0.2) is 25.0 Å². The smallest absolute Gasteiger partial charge is 0.192 e. The van der Waals surface area contributed by atoms with Crippen LogP contribution >= 0.6 is 0 Å². The lowest BCUT2D eigenvalue weighted by Gasteiger charge is -2.50. The van der Waals surface area contributed by atoms with E-state index in [1.165, 1.54) is 0 Å². The largest absolute Gasteiger partial charge is 0.374 e. The predicted molar refractivity (Wildman–Crippen MR) is 215 cm³/mol. The van der Waals surface area contributed by atoms with Crippen LogP contribution in [-0.4, -0.2) is 81.8 Å². The molecule has 0 aromatic heterocycles. The predicted octanol–water partition coefficient (Wildman–Crippen LogP) is 7.89. The Bertz CT molecular complexity index is 1950. The van der Waals surface area contributed by atoms with Crippen LogP contribution in [0, 0.1) is 0 Å². The van der Waals surface area contributed by atoms with Gasteiger partial charge in [-0.1, -0.05) is 152 Å². The molecule has 3 heterocycles. The summed E-state index contributed by atoms with van der Waals surface area (Å²) in [6.45, 7) is 1.12. The molecule has 8 rings (SSSR count). The van der Waals surface area contributed by atoms with Crippen LogP contribution in [0.15, 0.2) is 152 Å². The fraction of sp³-hybridized carbons (Fsp3) is 0.375. The van der Waals surface area contributed by atoms with E-state index in [0.717, 1.165) is 27.8 Å². The first kappa shape index (κ1) is 41.4. The Kier molecular flexibility index (Phi) is 14.5. The van der Waals surface area contributed by atoms with Crippen LogP contribution in [0.4, 0.5) is 4.39 Å². The summed E-state index contributed by atoms with van der Waals surface area (Å²) in [5.74, 6) is 0. The molecule has 5 aromatic rings. The van der Waals surface area contributed by atoms with Crippen LogP contribution in [0.5, 0.6) is 0 Å². The average Bonchev–Trinajstić information content (AvgIpc) is 3.29. The molecule has 3 saturated heterocycles. The van der Waals surface area contributed by atoms with E-state index in [0.29, 0.717) is 6.61 Å². The van der Waals surface area contributed by atoms with Gasteiger partial charge in [-0.2, -0.15) is 0 Å². The highest BCUT2D eigenvalue weighted by Crippen LogP contribution is 2.39. The van der Waals surface area contributed by atoms with Gasteiger partial charge in [0.1, 0.15) is 42.7 Å². The molecular formula is C48H51FO10. The average molecular weight is 807 g/mol. The maximum atomic E-state index is 17.4. The summed E-state index contributed by atoms with van der Waals surface area (Å²) in [5, 5.41) is 0. The maximum Gasteiger partial charge on any atom is 0.192 e. The molecular weight excluding hydrogens is 756 g/mol. The molecule has 0 unspecified atom stereocenters. The number of ether oxygens (including phenoxy) is 10. The Hall–Kier alpha value is -4.37. The van der Waals surface area contributed by atoms with E-state index in [4.69, 9.17) is 47.4 Å². The molecule has 310 valence electrons. The molecule has 5 aromatic carbocycles. The van der Waals surface area contributed by atoms with Crippen molar-refractivity contribution in [1.29, 1.82) is 0 Å². The summed E-state index contributed by atoms with van der Waals surface area (Å²) in [4.78, 5) is 0. The van der Waals surface area contributed by atoms with Crippen molar-refractivity contribution in [2.24, 2.45) is 0 Å². The quantitative estimate of drug-likeness (QED) is 0.0925. The van der Waals surface area contributed by atoms with E-state index < -0.39 is 67.8 Å². The number of hydrogen-bond donors (Lipinski definition) is 0. The van der Waals surface area contributed by atoms with Crippen molar-refractivity contribution >= 4 is 0 Å². The molecule has 59 heavy (non-hydrogen) atoms. The lowest BCUT2D eigenvalue weighted by atomic mass is 9.96. The lowest BCUT2D eigenvalue weighted by molar-refractivity contribution is -0.386. The highest BCUT2D eigenvalue weighted by atomic mass is 19.1. The minimum atomic E-state index is -1.79. The molecule has 10 nitrogen and oxygen atoms in total. The first-order valence-corrected chi connectivity index (χ1v) is 20.2. The number of methoxy groups -OCH3 is 1. The van der Waals surface area contributed by atoms with Crippen LogP contribution in [0.2, 0.25) is 0 Å². The minimum absolute atomic E-state index is 0.0741. The van der Waals surface area contributed by atoms with E-state index in [1.807, 2.05) is 152 Å². The zero-order chi connectivity index (χ0) is 40.2. The van der Waals surface area contributed by atoms with Crippen LogP contribution in [0.25, 0.3) is 0 Å². The second-order valence-electron chi connectivity index (χ2n) is 14.8. The van der Waals surface area contributed by atoms with Gasteiger partial charge in [-0.25, -0.2) is 4.39 Å². The lowest BCUT2D eigenvalue weighted by Crippen LogP contribution is -2.66. The first-order chi connectivity index (χ1) is 29.1. The van der Waals surface area contributed by atoms with Crippen molar-refractivity contribution in [2.75, 3.05) is 20.3 Å². The minimum Gasteiger partial charge on any atom is -0.374 e. The van der Waals surface area contributed by atoms with E-state index in [1.54, 1.807) is 7.11 Å². The van der Waals surface area contributed by atoms with Gasteiger partial charge in [-0.05, 0) is 22.3 Å². The normalized spacial score (nSPS) is 29.4. The Balaban J connectivity index is 1.09. The summed E-state index contributed by atoms with van der Waals surface area (Å²) in [6.07, 6.45) is -10.8. The molecule has 0 bridgehead atoms. The maximum absolute atomic E-state index is 17.4. The molecule has 0 saturated carbocycles. The second-order valence-corrected chi connectivity index (χ2v) is 14.8. The van der Waals surface area contributed by atoms with Gasteiger partial charge in [0.05, 0.1) is 39.6 Å². The van der Waals surface area contributed by atoms with Gasteiger partial charge in [0, 0.05) is 12.7 Å². The van der Waals surface area contributed by atoms with E-state index in [9.17, 15) is 0 Å². The van der Waals surface area contributed by atoms with Crippen LogP contribution in [-0.2, 0) is 73.8 Å². The second kappa shape index (κ2) is 20.7. The summed E-state index contributed by atoms with van der Waals surface area (Å²) in [5.41, 5.74) is 4.57. The summed E-state index contributed by atoms with van der Waals surface area (Å²) in [7, 11) is 1.56. The number of fused-ring (bicyclic) bond motifs is 1. The monoisotopic (exact) mass is 806 g/mol. The van der Waals surface area contributed by atoms with Crippen molar-refractivity contribution in [2.45, 2.75) is 94.2 Å². The van der Waals surface area contributed by atoms with Crippen molar-refractivity contribution in [3.8, 4) is 0 Å². The molecule has 3 fully saturated rings. The summed E-state index contributed by atoms with van der Waals surface area (Å²) >= 11 is 0. The summed E-state index contributed by atoms with van der Waals surface area (Å²) in [6, 6.07) is 48.6. The zero-order valence-corrected chi connectivity index (χ0v) is 33.0. The Morgan fingerprint density at radius 1 is 0.525 bits per heavy atom. The van der Waals surface area contributed by atoms with Crippen LogP contribution in [0.1, 0.15) is 34.1 Å². The SMILES string of the molecule is CO[C@H]1O[C@H](COCc2ccccc2)[C@@H](O[C@@H]2O[C@@H]3CO[C@@H](c4ccccc4)O[C@H]3[C@H](OCc3ccccc3)[C@H]2F)[C@H](OCc2ccccc2)[C@H]1OCc1ccccc1. The fourth-order valence-corrected chi connectivity index (χ4v) is 7.67. The van der Waals surface area contributed by atoms with Gasteiger partial charge in [-0.3, -0.25) is 0 Å². The highest BCUT2D eigenvalue weighted by molar-refractivity contribution is 5.18. The van der Waals surface area contributed by atoms with Gasteiger partial charge in [0.25, 0.3) is 0 Å². The molecule has 0 N–H and O–H groups in total. The highest BCUT2D eigenvalue weighted by Gasteiger charge is 2.55. The van der Waals surface area contributed by atoms with Crippen LogP contribution < -0.4 is 0 Å². The molecule has 11 heteroatoms. The third kappa shape index (κ3) is 10.7. The number of hydrogen-bond acceptors (Lipinski definition) is 10. The van der Waals surface area contributed by atoms with Crippen molar-refractivity contribution in [3.63, 3.8) is 0 Å². The molecule has 11 atom stereocenters. The van der Waals surface area contributed by atoms with Gasteiger partial charge in [-0.15, -0.1) is 0 Å². The fourth-order valence-electron chi connectivity index (χ4n) is 7.67. The topological polar surface area (TPSA) is 92.3 Å². The Morgan fingerprint density at radius 3 is 1.56 bits per heavy atom. The number of alkyl halides is 1. The van der Waals surface area contributed by atoms with Crippen molar-refractivity contribution in [1.82, 2.24) is 0 Å². The third-order valence-electron chi connectivity index (χ3n) is 10.7. The van der Waals surface area contributed by atoms with Crippen molar-refractivity contribution in [3.05, 3.63) is 179 Å². The van der Waals surface area contributed by atoms with Gasteiger partial charge >= 0.3 is 0 Å². The van der Waals surface area contributed by atoms with E-state index in [2.05, 4.69) is 0 Å². The zero-order valence-electron chi connectivity index (χ0n) is 33.0. The summed E-state index contributed by atoms with van der Waals surface area (Å²) < 4.78 is 81.9. The number of rotatable bonds is 17. The molecule has 3 aliphatic rings. The third-order valence-corrected chi connectivity index (χ3v) is 10.7. The van der Waals surface area contributed by atoms with Gasteiger partial charge in [0.2, 0.25) is 0 Å². The molecule has 0 aliphatic carbocycles. The van der Waals surface area contributed by atoms with Crippen LogP contribution in [0.3, 0.4) is 0 Å². The molecule has 0 radical (unpaired) electrons. The number of halogens is 1. The molecule has 3 aliphatic heterocycles. The first-order valence-electron chi connectivity index (χ1n) is 20.2. The Morgan fingerprint density at radius 2 is 1.02 bits per heavy atom.